The van der Waals surface area contributed by atoms with E-state index < -0.39 is 0 Å². The summed E-state index contributed by atoms with van der Waals surface area (Å²) in [6, 6.07) is 53.4. The normalized spacial score (nSPS) is 14.4. The first-order valence-electron chi connectivity index (χ1n) is 29.9. The van der Waals surface area contributed by atoms with Gasteiger partial charge < -0.3 is 48.5 Å². The molecule has 8 aromatic carbocycles. The van der Waals surface area contributed by atoms with Crippen molar-refractivity contribution in [2.24, 2.45) is 0 Å². The molecule has 0 spiro atoms. The lowest BCUT2D eigenvalue weighted by Gasteiger charge is -2.24. The highest BCUT2D eigenvalue weighted by molar-refractivity contribution is 7.18. The van der Waals surface area contributed by atoms with Gasteiger partial charge in [-0.05, 0) is 225 Å². The third kappa shape index (κ3) is 28.0. The number of nitrogens with one attached hydrogen (secondary N) is 3. The molecule has 2 unspecified atom stereocenters. The highest BCUT2D eigenvalue weighted by Gasteiger charge is 2.20. The van der Waals surface area contributed by atoms with E-state index in [1.165, 1.54) is 10.3 Å². The van der Waals surface area contributed by atoms with Crippen molar-refractivity contribution >= 4 is 153 Å². The first-order chi connectivity index (χ1) is 44.6. The highest BCUT2D eigenvalue weighted by Crippen LogP contribution is 2.35. The number of aromatic nitrogens is 2. The Morgan fingerprint density at radius 2 is 0.775 bits per heavy atom. The summed E-state index contributed by atoms with van der Waals surface area (Å²) >= 11 is 42.4. The van der Waals surface area contributed by atoms with E-state index in [1.54, 1.807) is 18.4 Å². The number of hydrogen-bond donors (Lipinski definition) is 3. The first kappa shape index (κ1) is 94.6. The van der Waals surface area contributed by atoms with Crippen molar-refractivity contribution in [3.8, 4) is 28.7 Å². The minimum absolute atomic E-state index is 0. The molecule has 12 aromatic rings. The Bertz CT molecular complexity index is 4220. The molecule has 0 aliphatic carbocycles. The second-order valence-corrected chi connectivity index (χ2v) is 26.5. The summed E-state index contributed by atoms with van der Waals surface area (Å²) < 4.78 is 39.3. The molecule has 0 bridgehead atoms. The van der Waals surface area contributed by atoms with Gasteiger partial charge in [0.2, 0.25) is 0 Å². The molecule has 4 aromatic heterocycles. The van der Waals surface area contributed by atoms with Crippen LogP contribution in [-0.4, -0.2) is 61.1 Å². The number of hydrogen-bond acceptors (Lipinski definition) is 13. The fourth-order valence-electron chi connectivity index (χ4n) is 9.80. The quantitative estimate of drug-likeness (QED) is 0.144. The van der Waals surface area contributed by atoms with Crippen molar-refractivity contribution in [1.82, 2.24) is 9.97 Å². The fourth-order valence-corrected chi connectivity index (χ4v) is 11.8. The Labute approximate surface area is 647 Å². The maximum absolute atomic E-state index is 5.83. The van der Waals surface area contributed by atoms with Gasteiger partial charge in [-0.3, -0.25) is 4.98 Å². The van der Waals surface area contributed by atoms with Crippen molar-refractivity contribution in [1.29, 1.82) is 0 Å². The number of ether oxygens (including phenoxy) is 5. The van der Waals surface area contributed by atoms with Gasteiger partial charge in [-0.1, -0.05) is 154 Å². The van der Waals surface area contributed by atoms with Crippen molar-refractivity contribution in [3.05, 3.63) is 233 Å². The third-order valence-corrected chi connectivity index (χ3v) is 16.7. The van der Waals surface area contributed by atoms with Crippen LogP contribution in [0.1, 0.15) is 122 Å². The number of thiazole rings is 1. The van der Waals surface area contributed by atoms with Crippen LogP contribution in [0.4, 0.5) is 17.1 Å². The van der Waals surface area contributed by atoms with Crippen LogP contribution in [0.5, 0.6) is 28.7 Å². The molecule has 0 amide bonds. The SMILES string of the molecule is C.C.C.C.C.C.C.C.C.CC1CNc2cc(Cl)ccc2O1.CC1Cc2cc(Cl)ccc2O1.COc1ccc2oc(C)cc2c1.C[C@@H]1CNc2cc(Cl)ccc2O1.C[C@H]1CNc2cc(Cl)ccc2O1.Cc1cc2cc(Cl)ccc2o1.Cc1ccc2cc(Cl)ccc2n1.Cc1nc2cc(Cl)ccc2s1. The van der Waals surface area contributed by atoms with Gasteiger partial charge in [0.05, 0.1) is 64.5 Å². The van der Waals surface area contributed by atoms with Crippen LogP contribution < -0.4 is 39.6 Å². The average molecular weight is 1550 g/mol. The van der Waals surface area contributed by atoms with Crippen molar-refractivity contribution < 1.29 is 32.5 Å². The Balaban J connectivity index is 0.00000113. The molecule has 20 heteroatoms. The van der Waals surface area contributed by atoms with Crippen LogP contribution in [0.25, 0.3) is 43.1 Å². The number of aryl methyl sites for hydroxylation is 4. The van der Waals surface area contributed by atoms with E-state index in [4.69, 9.17) is 114 Å². The molecule has 102 heavy (non-hydrogen) atoms. The molecule has 0 radical (unpaired) electrons. The van der Waals surface area contributed by atoms with Crippen LogP contribution in [-0.2, 0) is 6.42 Å². The molecule has 16 rings (SSSR count). The Kier molecular flexibility index (Phi) is 41.7. The van der Waals surface area contributed by atoms with Crippen LogP contribution in [0.2, 0.25) is 35.2 Å². The molecule has 0 fully saturated rings. The van der Waals surface area contributed by atoms with E-state index in [2.05, 4.69) is 32.8 Å². The van der Waals surface area contributed by atoms with Crippen LogP contribution in [0.15, 0.2) is 179 Å². The van der Waals surface area contributed by atoms with Gasteiger partial charge >= 0.3 is 0 Å². The smallest absolute Gasteiger partial charge is 0.142 e. The number of methoxy groups -OCH3 is 1. The summed E-state index contributed by atoms with van der Waals surface area (Å²) in [4.78, 5) is 8.67. The number of nitrogens with zero attached hydrogens (tertiary/aromatic N) is 2. The Morgan fingerprint density at radius 1 is 0.382 bits per heavy atom. The summed E-state index contributed by atoms with van der Waals surface area (Å²) in [5.74, 6) is 6.36. The van der Waals surface area contributed by atoms with Crippen molar-refractivity contribution in [3.63, 3.8) is 0 Å². The predicted molar refractivity (Wildman–Crippen MR) is 450 cm³/mol. The molecule has 556 valence electrons. The molecule has 4 atom stereocenters. The molecule has 3 N–H and O–H groups in total. The van der Waals surface area contributed by atoms with E-state index in [-0.39, 0.29) is 85.2 Å². The highest BCUT2D eigenvalue weighted by atomic mass is 35.5. The summed E-state index contributed by atoms with van der Waals surface area (Å²) in [7, 11) is 1.66. The van der Waals surface area contributed by atoms with E-state index in [1.807, 2.05) is 218 Å². The topological polar surface area (TPSA) is 134 Å². The lowest BCUT2D eigenvalue weighted by molar-refractivity contribution is 0.226. The number of anilines is 3. The molecule has 0 saturated heterocycles. The number of benzene rings is 8. The monoisotopic (exact) mass is 1550 g/mol. The number of rotatable bonds is 1. The van der Waals surface area contributed by atoms with E-state index in [0.717, 1.165) is 168 Å². The van der Waals surface area contributed by atoms with Crippen LogP contribution in [0.3, 0.4) is 0 Å². The Hall–Kier alpha value is -7.43. The zero-order valence-corrected chi connectivity index (χ0v) is 58.7. The average Bonchev–Trinajstić information content (AvgIpc) is 1.74. The molecule has 4 aliphatic rings. The third-order valence-electron chi connectivity index (χ3n) is 14.1. The lowest BCUT2D eigenvalue weighted by atomic mass is 10.1. The first-order valence-corrected chi connectivity index (χ1v) is 33.4. The summed E-state index contributed by atoms with van der Waals surface area (Å²) in [6.45, 7) is 18.5. The van der Waals surface area contributed by atoms with Crippen molar-refractivity contribution in [2.75, 3.05) is 42.7 Å². The second-order valence-electron chi connectivity index (χ2n) is 22.2. The molecular formula is C82H106Cl7N5O7S. The second kappa shape index (κ2) is 44.9. The summed E-state index contributed by atoms with van der Waals surface area (Å²) in [5.41, 5.74) is 9.02. The van der Waals surface area contributed by atoms with Crippen LogP contribution >= 0.6 is 92.5 Å². The summed E-state index contributed by atoms with van der Waals surface area (Å²) in [6.07, 6.45) is 2.00. The zero-order chi connectivity index (χ0) is 66.3. The van der Waals surface area contributed by atoms with E-state index >= 15 is 0 Å². The molecule has 0 saturated carbocycles. The van der Waals surface area contributed by atoms with Crippen molar-refractivity contribution in [2.45, 2.75) is 153 Å². The lowest BCUT2D eigenvalue weighted by Crippen LogP contribution is -2.27. The van der Waals surface area contributed by atoms with Gasteiger partial charge in [0.1, 0.15) is 75.8 Å². The maximum atomic E-state index is 5.83. The minimum atomic E-state index is 0. The molecule has 12 nitrogen and oxygen atoms in total. The minimum Gasteiger partial charge on any atom is -0.497 e. The van der Waals surface area contributed by atoms with Gasteiger partial charge in [0.15, 0.2) is 0 Å². The maximum Gasteiger partial charge on any atom is 0.142 e. The number of pyridine rings is 1. The molecule has 8 heterocycles. The van der Waals surface area contributed by atoms with E-state index in [9.17, 15) is 0 Å². The van der Waals surface area contributed by atoms with Gasteiger partial charge in [-0.2, -0.15) is 0 Å². The summed E-state index contributed by atoms with van der Waals surface area (Å²) in [5, 5.41) is 19.3. The number of fused-ring (bicyclic) bond motifs is 8. The standard InChI is InChI=1S/C10H8ClN.C10H10O2.3C9H10ClNO.C9H9ClO.C9H7ClO.C8H6ClNS.9CH4/c1-7-2-3-8-6-9(11)4-5-10(8)12-7;1-7-5-8-6-9(11-2)3-4-10(8)12-7;3*1-6-5-11-8-4-7(10)2-3-9(8)12-6;2*1-6-4-7-5-8(10)2-3-9(7)11-6;1-5-10-7-4-6(9)2-3-8(7)11-5;;;;;;;;;/h2-6H,1H3;3-6H,1-2H3;3*2-4,6,11H,5H2,1H3;2-3,5-6H,4H2,1H3;2-5H,1H3;2-4H,1H3;9*1H4/t;;2*6-;;;;;;;;;;;;;/m..10............./s1. The van der Waals surface area contributed by atoms with Gasteiger partial charge in [-0.25, -0.2) is 4.98 Å². The predicted octanol–water partition coefficient (Wildman–Crippen LogP) is 28.6. The van der Waals surface area contributed by atoms with Gasteiger partial charge in [0, 0.05) is 63.4 Å². The number of halogens is 7. The van der Waals surface area contributed by atoms with Crippen LogP contribution in [0, 0.1) is 27.7 Å². The van der Waals surface area contributed by atoms with Gasteiger partial charge in [-0.15, -0.1) is 11.3 Å². The van der Waals surface area contributed by atoms with E-state index in [0.29, 0.717) is 6.10 Å². The largest absolute Gasteiger partial charge is 0.497 e. The number of furan rings is 2. The van der Waals surface area contributed by atoms with Gasteiger partial charge in [0.25, 0.3) is 0 Å². The zero-order valence-electron chi connectivity index (χ0n) is 52.6. The fraction of sp³-hybridized carbons (Fsp3) is 0.317. The molecule has 4 aliphatic heterocycles. The molecular weight excluding hydrogens is 1450 g/mol. The Morgan fingerprint density at radius 3 is 1.26 bits per heavy atom.